The van der Waals surface area contributed by atoms with E-state index in [-0.39, 0.29) is 11.1 Å². The van der Waals surface area contributed by atoms with E-state index in [1.165, 1.54) is 13.0 Å². The van der Waals surface area contributed by atoms with Gasteiger partial charge < -0.3 is 10.4 Å². The lowest BCUT2D eigenvalue weighted by atomic mass is 10.1. The van der Waals surface area contributed by atoms with Crippen LogP contribution in [-0.2, 0) is 6.42 Å². The summed E-state index contributed by atoms with van der Waals surface area (Å²) in [5.74, 6) is -2.27. The highest BCUT2D eigenvalue weighted by Gasteiger charge is 2.32. The molecule has 3 nitrogen and oxygen atoms in total. The summed E-state index contributed by atoms with van der Waals surface area (Å²) in [4.78, 5) is 12.3. The van der Waals surface area contributed by atoms with E-state index in [0.717, 1.165) is 11.1 Å². The molecule has 2 aromatic rings. The predicted molar refractivity (Wildman–Crippen MR) is 77.5 cm³/mol. The van der Waals surface area contributed by atoms with E-state index in [9.17, 15) is 18.7 Å². The summed E-state index contributed by atoms with van der Waals surface area (Å²) in [7, 11) is 0. The average Bonchev–Trinajstić information content (AvgIpc) is 2.79. The van der Waals surface area contributed by atoms with Crippen LogP contribution in [0.5, 0.6) is 0 Å². The Balaban J connectivity index is 1.88. The molecule has 114 valence electrons. The van der Waals surface area contributed by atoms with Gasteiger partial charge in [-0.25, -0.2) is 8.78 Å². The SMILES string of the molecule is Cc1cc(C(=O)NC2c3ccccc3CC2O)c(F)cc1F. The van der Waals surface area contributed by atoms with Gasteiger partial charge in [0.25, 0.3) is 5.91 Å². The van der Waals surface area contributed by atoms with Crippen LogP contribution in [0.3, 0.4) is 0 Å². The number of aliphatic hydroxyl groups is 1. The summed E-state index contributed by atoms with van der Waals surface area (Å²) in [5.41, 5.74) is 1.74. The second kappa shape index (κ2) is 5.50. The van der Waals surface area contributed by atoms with Crippen molar-refractivity contribution < 1.29 is 18.7 Å². The number of nitrogens with one attached hydrogen (secondary N) is 1. The molecule has 1 aliphatic rings. The molecule has 0 heterocycles. The van der Waals surface area contributed by atoms with Gasteiger partial charge in [0.15, 0.2) is 0 Å². The standard InChI is InChI=1S/C17H15F2NO2/c1-9-6-12(14(19)8-13(9)18)17(22)20-16-11-5-3-2-4-10(11)7-15(16)21/h2-6,8,15-16,21H,7H2,1H3,(H,20,22). The summed E-state index contributed by atoms with van der Waals surface area (Å²) in [6.07, 6.45) is -0.322. The second-order valence-electron chi connectivity index (χ2n) is 5.50. The molecule has 0 fully saturated rings. The summed E-state index contributed by atoms with van der Waals surface area (Å²) in [6.45, 7) is 1.46. The molecule has 3 rings (SSSR count). The smallest absolute Gasteiger partial charge is 0.254 e. The fraction of sp³-hybridized carbons (Fsp3) is 0.235. The maximum absolute atomic E-state index is 13.8. The van der Waals surface area contributed by atoms with Crippen LogP contribution in [0.15, 0.2) is 36.4 Å². The van der Waals surface area contributed by atoms with Gasteiger partial charge in [0.05, 0.1) is 17.7 Å². The Kier molecular flexibility index (Phi) is 3.66. The Bertz CT molecular complexity index is 745. The Morgan fingerprint density at radius 2 is 1.95 bits per heavy atom. The molecule has 2 N–H and O–H groups in total. The van der Waals surface area contributed by atoms with Gasteiger partial charge in [-0.3, -0.25) is 4.79 Å². The first-order chi connectivity index (χ1) is 10.5. The van der Waals surface area contributed by atoms with Crippen LogP contribution in [0, 0.1) is 18.6 Å². The van der Waals surface area contributed by atoms with Gasteiger partial charge in [-0.05, 0) is 29.7 Å². The summed E-state index contributed by atoms with van der Waals surface area (Å²) >= 11 is 0. The third-order valence-electron chi connectivity index (χ3n) is 3.98. The maximum atomic E-state index is 13.8. The number of hydrogen-bond donors (Lipinski definition) is 2. The summed E-state index contributed by atoms with van der Waals surface area (Å²) < 4.78 is 27.1. The third-order valence-corrected chi connectivity index (χ3v) is 3.98. The van der Waals surface area contributed by atoms with Crippen molar-refractivity contribution in [2.24, 2.45) is 0 Å². The first-order valence-electron chi connectivity index (χ1n) is 6.99. The van der Waals surface area contributed by atoms with Crippen LogP contribution in [0.25, 0.3) is 0 Å². The number of aryl methyl sites for hydroxylation is 1. The van der Waals surface area contributed by atoms with Crippen molar-refractivity contribution in [1.29, 1.82) is 0 Å². The summed E-state index contributed by atoms with van der Waals surface area (Å²) in [6, 6.07) is 8.66. The number of benzene rings is 2. The molecule has 0 spiro atoms. The van der Waals surface area contributed by atoms with Gasteiger partial charge in [-0.2, -0.15) is 0 Å². The van der Waals surface area contributed by atoms with E-state index >= 15 is 0 Å². The number of carbonyl (C=O) groups is 1. The van der Waals surface area contributed by atoms with Gasteiger partial charge in [-0.1, -0.05) is 24.3 Å². The Morgan fingerprint density at radius 3 is 2.73 bits per heavy atom. The third kappa shape index (κ3) is 2.48. The molecule has 2 atom stereocenters. The van der Waals surface area contributed by atoms with Crippen molar-refractivity contribution >= 4 is 5.91 Å². The molecule has 1 amide bonds. The number of rotatable bonds is 2. The molecule has 2 aromatic carbocycles. The van der Waals surface area contributed by atoms with Crippen molar-refractivity contribution in [1.82, 2.24) is 5.32 Å². The van der Waals surface area contributed by atoms with E-state index in [1.54, 1.807) is 0 Å². The van der Waals surface area contributed by atoms with Crippen molar-refractivity contribution in [3.8, 4) is 0 Å². The maximum Gasteiger partial charge on any atom is 0.254 e. The molecule has 0 bridgehead atoms. The molecular weight excluding hydrogens is 288 g/mol. The highest BCUT2D eigenvalue weighted by atomic mass is 19.1. The fourth-order valence-corrected chi connectivity index (χ4v) is 2.80. The second-order valence-corrected chi connectivity index (χ2v) is 5.50. The monoisotopic (exact) mass is 303 g/mol. The molecule has 22 heavy (non-hydrogen) atoms. The Hall–Kier alpha value is -2.27. The minimum Gasteiger partial charge on any atom is -0.390 e. The van der Waals surface area contributed by atoms with Gasteiger partial charge >= 0.3 is 0 Å². The number of hydrogen-bond acceptors (Lipinski definition) is 2. The molecule has 1 aliphatic carbocycles. The fourth-order valence-electron chi connectivity index (χ4n) is 2.80. The Labute approximate surface area is 126 Å². The lowest BCUT2D eigenvalue weighted by Gasteiger charge is -2.18. The molecule has 2 unspecified atom stereocenters. The van der Waals surface area contributed by atoms with Crippen molar-refractivity contribution in [3.63, 3.8) is 0 Å². The number of carbonyl (C=O) groups excluding carboxylic acids is 1. The van der Waals surface area contributed by atoms with Gasteiger partial charge in [-0.15, -0.1) is 0 Å². The van der Waals surface area contributed by atoms with Crippen molar-refractivity contribution in [3.05, 3.63) is 70.3 Å². The van der Waals surface area contributed by atoms with E-state index in [0.29, 0.717) is 12.5 Å². The van der Waals surface area contributed by atoms with Crippen molar-refractivity contribution in [2.45, 2.75) is 25.5 Å². The van der Waals surface area contributed by atoms with Crippen LogP contribution in [0.4, 0.5) is 8.78 Å². The minimum absolute atomic E-state index is 0.193. The largest absolute Gasteiger partial charge is 0.390 e. The molecule has 0 saturated heterocycles. The molecule has 0 aromatic heterocycles. The minimum atomic E-state index is -0.915. The van der Waals surface area contributed by atoms with Crippen LogP contribution in [0.1, 0.15) is 33.1 Å². The first-order valence-corrected chi connectivity index (χ1v) is 6.99. The highest BCUT2D eigenvalue weighted by molar-refractivity contribution is 5.95. The quantitative estimate of drug-likeness (QED) is 0.896. The number of fused-ring (bicyclic) bond motifs is 1. The normalized spacial score (nSPS) is 19.8. The van der Waals surface area contributed by atoms with E-state index in [1.807, 2.05) is 24.3 Å². The van der Waals surface area contributed by atoms with Crippen LogP contribution >= 0.6 is 0 Å². The van der Waals surface area contributed by atoms with E-state index in [4.69, 9.17) is 0 Å². The van der Waals surface area contributed by atoms with E-state index in [2.05, 4.69) is 5.32 Å². The zero-order valence-electron chi connectivity index (χ0n) is 11.9. The van der Waals surface area contributed by atoms with Crippen LogP contribution in [-0.4, -0.2) is 17.1 Å². The molecular formula is C17H15F2NO2. The number of halogens is 2. The zero-order valence-corrected chi connectivity index (χ0v) is 11.9. The lowest BCUT2D eigenvalue weighted by molar-refractivity contribution is 0.0854. The molecule has 5 heteroatoms. The average molecular weight is 303 g/mol. The van der Waals surface area contributed by atoms with Gasteiger partial charge in [0.2, 0.25) is 0 Å². The van der Waals surface area contributed by atoms with E-state index < -0.39 is 29.7 Å². The number of amides is 1. The van der Waals surface area contributed by atoms with Crippen molar-refractivity contribution in [2.75, 3.05) is 0 Å². The van der Waals surface area contributed by atoms with Gasteiger partial charge in [0, 0.05) is 12.5 Å². The summed E-state index contributed by atoms with van der Waals surface area (Å²) in [5, 5.41) is 12.7. The Morgan fingerprint density at radius 1 is 1.23 bits per heavy atom. The molecule has 0 aliphatic heterocycles. The highest BCUT2D eigenvalue weighted by Crippen LogP contribution is 2.31. The first kappa shape index (κ1) is 14.7. The van der Waals surface area contributed by atoms with Gasteiger partial charge in [0.1, 0.15) is 11.6 Å². The topological polar surface area (TPSA) is 49.3 Å². The predicted octanol–water partition coefficient (Wildman–Crippen LogP) is 2.66. The molecule has 0 saturated carbocycles. The zero-order chi connectivity index (χ0) is 15.9. The van der Waals surface area contributed by atoms with Crippen LogP contribution in [0.2, 0.25) is 0 Å². The molecule has 0 radical (unpaired) electrons. The van der Waals surface area contributed by atoms with Crippen LogP contribution < -0.4 is 5.32 Å². The number of aliphatic hydroxyl groups excluding tert-OH is 1. The lowest BCUT2D eigenvalue weighted by Crippen LogP contribution is -2.34.